The molecule has 0 spiro atoms. The van der Waals surface area contributed by atoms with Crippen LogP contribution in [0.4, 0.5) is 0 Å². The second-order valence-electron chi connectivity index (χ2n) is 6.67. The standard InChI is InChI=1S/C18H28BrNO/c1-20(2)14-6-13-18(21,15-7-4-3-5-8-15)16-9-11-17(19)12-10-16/h9-12,15,21H,3-8,13-14H2,1-2H3. The molecule has 0 heterocycles. The summed E-state index contributed by atoms with van der Waals surface area (Å²) in [6.45, 7) is 1.03. The average molecular weight is 354 g/mol. The van der Waals surface area contributed by atoms with Crippen molar-refractivity contribution < 1.29 is 5.11 Å². The van der Waals surface area contributed by atoms with E-state index in [0.29, 0.717) is 5.92 Å². The van der Waals surface area contributed by atoms with Crippen LogP contribution >= 0.6 is 15.9 Å². The number of rotatable bonds is 6. The summed E-state index contributed by atoms with van der Waals surface area (Å²) in [5.41, 5.74) is 0.438. The van der Waals surface area contributed by atoms with Crippen LogP contribution in [-0.2, 0) is 5.60 Å². The molecule has 21 heavy (non-hydrogen) atoms. The Labute approximate surface area is 137 Å². The lowest BCUT2D eigenvalue weighted by Crippen LogP contribution is -2.37. The second kappa shape index (κ2) is 7.75. The average Bonchev–Trinajstić information content (AvgIpc) is 2.48. The van der Waals surface area contributed by atoms with Crippen molar-refractivity contribution in [1.82, 2.24) is 4.90 Å². The summed E-state index contributed by atoms with van der Waals surface area (Å²) in [5, 5.41) is 11.5. The van der Waals surface area contributed by atoms with Gasteiger partial charge < -0.3 is 10.0 Å². The molecule has 1 aromatic rings. The van der Waals surface area contributed by atoms with Gasteiger partial charge in [-0.15, -0.1) is 0 Å². The molecule has 0 radical (unpaired) electrons. The fourth-order valence-electron chi connectivity index (χ4n) is 3.57. The molecule has 0 saturated heterocycles. The zero-order valence-electron chi connectivity index (χ0n) is 13.3. The number of nitrogens with zero attached hydrogens (tertiary/aromatic N) is 1. The maximum absolute atomic E-state index is 11.5. The Hall–Kier alpha value is -0.380. The molecule has 0 aliphatic heterocycles. The molecule has 1 aromatic carbocycles. The van der Waals surface area contributed by atoms with Crippen molar-refractivity contribution >= 4 is 15.9 Å². The first-order chi connectivity index (χ1) is 10.0. The van der Waals surface area contributed by atoms with Gasteiger partial charge in [-0.2, -0.15) is 0 Å². The van der Waals surface area contributed by atoms with Crippen molar-refractivity contribution in [2.75, 3.05) is 20.6 Å². The van der Waals surface area contributed by atoms with Crippen LogP contribution < -0.4 is 0 Å². The molecule has 118 valence electrons. The quantitative estimate of drug-likeness (QED) is 0.810. The van der Waals surface area contributed by atoms with Crippen molar-refractivity contribution in [3.8, 4) is 0 Å². The molecule has 0 bridgehead atoms. The number of hydrogen-bond donors (Lipinski definition) is 1. The van der Waals surface area contributed by atoms with E-state index in [0.717, 1.165) is 42.3 Å². The Kier molecular flexibility index (Phi) is 6.27. The van der Waals surface area contributed by atoms with Gasteiger partial charge in [0.15, 0.2) is 0 Å². The summed E-state index contributed by atoms with van der Waals surface area (Å²) in [4.78, 5) is 2.20. The minimum absolute atomic E-state index is 0.412. The zero-order valence-corrected chi connectivity index (χ0v) is 14.9. The van der Waals surface area contributed by atoms with E-state index in [1.165, 1.54) is 19.3 Å². The van der Waals surface area contributed by atoms with Crippen molar-refractivity contribution in [3.05, 3.63) is 34.3 Å². The highest BCUT2D eigenvalue weighted by atomic mass is 79.9. The summed E-state index contributed by atoms with van der Waals surface area (Å²) in [5.74, 6) is 0.412. The zero-order chi connectivity index (χ0) is 15.3. The van der Waals surface area contributed by atoms with Gasteiger partial charge in [0.05, 0.1) is 5.60 Å². The number of halogens is 1. The lowest BCUT2D eigenvalue weighted by Gasteiger charge is -2.39. The van der Waals surface area contributed by atoms with Crippen LogP contribution in [0.15, 0.2) is 28.7 Å². The lowest BCUT2D eigenvalue weighted by atomic mass is 9.71. The Morgan fingerprint density at radius 3 is 2.33 bits per heavy atom. The molecule has 1 atom stereocenters. The molecule has 0 amide bonds. The van der Waals surface area contributed by atoms with Crippen molar-refractivity contribution in [2.45, 2.75) is 50.5 Å². The van der Waals surface area contributed by atoms with E-state index in [-0.39, 0.29) is 0 Å². The number of benzene rings is 1. The third kappa shape index (κ3) is 4.54. The van der Waals surface area contributed by atoms with E-state index in [1.54, 1.807) is 0 Å². The van der Waals surface area contributed by atoms with Crippen LogP contribution in [0.5, 0.6) is 0 Å². The normalized spacial score (nSPS) is 19.7. The topological polar surface area (TPSA) is 23.5 Å². The molecule has 0 aromatic heterocycles. The molecule has 1 aliphatic carbocycles. The Balaban J connectivity index is 2.17. The summed E-state index contributed by atoms with van der Waals surface area (Å²) < 4.78 is 1.07. The van der Waals surface area contributed by atoms with Gasteiger partial charge in [-0.25, -0.2) is 0 Å². The van der Waals surface area contributed by atoms with E-state index in [9.17, 15) is 5.11 Å². The van der Waals surface area contributed by atoms with E-state index < -0.39 is 5.60 Å². The Bertz CT molecular complexity index is 425. The van der Waals surface area contributed by atoms with Crippen LogP contribution in [0.3, 0.4) is 0 Å². The first kappa shape index (κ1) is 17.0. The third-order valence-electron chi connectivity index (χ3n) is 4.79. The van der Waals surface area contributed by atoms with Gasteiger partial charge in [-0.3, -0.25) is 0 Å². The van der Waals surface area contributed by atoms with Crippen LogP contribution in [0, 0.1) is 5.92 Å². The van der Waals surface area contributed by atoms with Crippen molar-refractivity contribution in [2.24, 2.45) is 5.92 Å². The highest BCUT2D eigenvalue weighted by Crippen LogP contribution is 2.42. The van der Waals surface area contributed by atoms with E-state index >= 15 is 0 Å². The van der Waals surface area contributed by atoms with E-state index in [4.69, 9.17) is 0 Å². The monoisotopic (exact) mass is 353 g/mol. The van der Waals surface area contributed by atoms with Crippen LogP contribution in [0.25, 0.3) is 0 Å². The number of aliphatic hydroxyl groups is 1. The Morgan fingerprint density at radius 2 is 1.76 bits per heavy atom. The fraction of sp³-hybridized carbons (Fsp3) is 0.667. The third-order valence-corrected chi connectivity index (χ3v) is 5.32. The molecule has 1 aliphatic rings. The highest BCUT2D eigenvalue weighted by molar-refractivity contribution is 9.10. The van der Waals surface area contributed by atoms with Gasteiger partial charge in [0.25, 0.3) is 0 Å². The highest BCUT2D eigenvalue weighted by Gasteiger charge is 2.38. The molecular weight excluding hydrogens is 326 g/mol. The molecule has 2 rings (SSSR count). The van der Waals surface area contributed by atoms with Crippen LogP contribution in [0.1, 0.15) is 50.5 Å². The predicted octanol–water partition coefficient (Wildman–Crippen LogP) is 4.56. The first-order valence-corrected chi connectivity index (χ1v) is 8.95. The minimum atomic E-state index is -0.656. The van der Waals surface area contributed by atoms with Gasteiger partial charge in [0.1, 0.15) is 0 Å². The van der Waals surface area contributed by atoms with Crippen molar-refractivity contribution in [1.29, 1.82) is 0 Å². The van der Waals surface area contributed by atoms with E-state index in [1.807, 2.05) is 0 Å². The van der Waals surface area contributed by atoms with Crippen molar-refractivity contribution in [3.63, 3.8) is 0 Å². The number of hydrogen-bond acceptors (Lipinski definition) is 2. The van der Waals surface area contributed by atoms with Crippen LogP contribution in [0.2, 0.25) is 0 Å². The Morgan fingerprint density at radius 1 is 1.14 bits per heavy atom. The summed E-state index contributed by atoms with van der Waals surface area (Å²) in [7, 11) is 4.19. The lowest BCUT2D eigenvalue weighted by molar-refractivity contribution is -0.0485. The predicted molar refractivity (Wildman–Crippen MR) is 92.4 cm³/mol. The summed E-state index contributed by atoms with van der Waals surface area (Å²) in [6.07, 6.45) is 8.07. The van der Waals surface area contributed by atoms with E-state index in [2.05, 4.69) is 59.2 Å². The smallest absolute Gasteiger partial charge is 0.0925 e. The van der Waals surface area contributed by atoms with Gasteiger partial charge in [0, 0.05) is 4.47 Å². The molecule has 1 unspecified atom stereocenters. The second-order valence-corrected chi connectivity index (χ2v) is 7.59. The maximum Gasteiger partial charge on any atom is 0.0925 e. The largest absolute Gasteiger partial charge is 0.385 e. The maximum atomic E-state index is 11.5. The van der Waals surface area contributed by atoms with Gasteiger partial charge in [-0.05, 0) is 69.9 Å². The van der Waals surface area contributed by atoms with Gasteiger partial charge in [-0.1, -0.05) is 47.3 Å². The fourth-order valence-corrected chi connectivity index (χ4v) is 3.83. The molecule has 1 saturated carbocycles. The minimum Gasteiger partial charge on any atom is -0.385 e. The molecule has 1 fully saturated rings. The summed E-state index contributed by atoms with van der Waals surface area (Å²) >= 11 is 3.49. The van der Waals surface area contributed by atoms with Gasteiger partial charge >= 0.3 is 0 Å². The first-order valence-electron chi connectivity index (χ1n) is 8.15. The molecular formula is C18H28BrNO. The van der Waals surface area contributed by atoms with Crippen LogP contribution in [-0.4, -0.2) is 30.6 Å². The molecule has 1 N–H and O–H groups in total. The molecule has 2 nitrogen and oxygen atoms in total. The summed E-state index contributed by atoms with van der Waals surface area (Å²) in [6, 6.07) is 8.28. The van der Waals surface area contributed by atoms with Gasteiger partial charge in [0.2, 0.25) is 0 Å². The SMILES string of the molecule is CN(C)CCCC(O)(c1ccc(Br)cc1)C1CCCCC1. The molecule has 3 heteroatoms.